The highest BCUT2D eigenvalue weighted by atomic mass is 16.5. The highest BCUT2D eigenvalue weighted by molar-refractivity contribution is 6.04. The van der Waals surface area contributed by atoms with Crippen molar-refractivity contribution in [3.05, 3.63) is 71.8 Å². The topological polar surface area (TPSA) is 62.1 Å². The zero-order valence-electron chi connectivity index (χ0n) is 13.0. The third-order valence-corrected chi connectivity index (χ3v) is 3.40. The fourth-order valence-corrected chi connectivity index (χ4v) is 2.24. The molecule has 2 rings (SSSR count). The molecule has 0 radical (unpaired) electrons. The van der Waals surface area contributed by atoms with Crippen LogP contribution in [0.5, 0.6) is 5.75 Å². The van der Waals surface area contributed by atoms with Gasteiger partial charge in [-0.15, -0.1) is 6.58 Å². The number of hydrogen-bond acceptors (Lipinski definition) is 3. The zero-order valence-corrected chi connectivity index (χ0v) is 13.0. The predicted octanol–water partition coefficient (Wildman–Crippen LogP) is 3.74. The summed E-state index contributed by atoms with van der Waals surface area (Å²) in [7, 11) is 1.60. The van der Waals surface area contributed by atoms with Gasteiger partial charge in [-0.3, -0.25) is 4.79 Å². The van der Waals surface area contributed by atoms with Gasteiger partial charge in [0.15, 0.2) is 0 Å². The van der Waals surface area contributed by atoms with Gasteiger partial charge in [-0.2, -0.15) is 5.26 Å². The van der Waals surface area contributed by atoms with E-state index in [0.717, 1.165) is 16.9 Å². The Labute approximate surface area is 136 Å². The summed E-state index contributed by atoms with van der Waals surface area (Å²) < 4.78 is 5.28. The van der Waals surface area contributed by atoms with Gasteiger partial charge in [-0.05, 0) is 47.9 Å². The zero-order chi connectivity index (χ0) is 16.7. The number of benzene rings is 2. The van der Waals surface area contributed by atoms with Crippen molar-refractivity contribution in [2.24, 2.45) is 0 Å². The van der Waals surface area contributed by atoms with E-state index in [1.807, 2.05) is 12.1 Å². The minimum absolute atomic E-state index is 0.189. The van der Waals surface area contributed by atoms with Crippen LogP contribution in [0, 0.1) is 11.3 Å². The number of ether oxygens (including phenoxy) is 1. The van der Waals surface area contributed by atoms with Crippen LogP contribution < -0.4 is 10.1 Å². The van der Waals surface area contributed by atoms with E-state index in [1.165, 1.54) is 0 Å². The van der Waals surface area contributed by atoms with E-state index in [1.54, 1.807) is 43.5 Å². The van der Waals surface area contributed by atoms with Gasteiger partial charge in [0.1, 0.15) is 5.75 Å². The largest absolute Gasteiger partial charge is 0.496 e. The number of hydrogen-bond donors (Lipinski definition) is 1. The van der Waals surface area contributed by atoms with Crippen molar-refractivity contribution in [2.45, 2.75) is 12.8 Å². The molecule has 0 atom stereocenters. The van der Waals surface area contributed by atoms with Crippen molar-refractivity contribution < 1.29 is 9.53 Å². The summed E-state index contributed by atoms with van der Waals surface area (Å²) in [4.78, 5) is 12.4. The van der Waals surface area contributed by atoms with Crippen LogP contribution in [0.15, 0.2) is 55.1 Å². The second-order valence-corrected chi connectivity index (χ2v) is 5.01. The molecule has 2 aromatic carbocycles. The van der Waals surface area contributed by atoms with Crippen LogP contribution >= 0.6 is 0 Å². The molecule has 0 saturated heterocycles. The van der Waals surface area contributed by atoms with E-state index < -0.39 is 0 Å². The van der Waals surface area contributed by atoms with Crippen LogP contribution in [0.25, 0.3) is 0 Å². The Hall–Kier alpha value is -3.06. The highest BCUT2D eigenvalue weighted by Gasteiger charge is 2.10. The summed E-state index contributed by atoms with van der Waals surface area (Å²) in [6, 6.07) is 14.6. The van der Waals surface area contributed by atoms with Crippen LogP contribution in [0.2, 0.25) is 0 Å². The molecular weight excluding hydrogens is 288 g/mol. The van der Waals surface area contributed by atoms with E-state index in [-0.39, 0.29) is 5.91 Å². The first kappa shape index (κ1) is 16.3. The normalized spacial score (nSPS) is 9.74. The third kappa shape index (κ3) is 4.21. The van der Waals surface area contributed by atoms with Crippen molar-refractivity contribution in [3.8, 4) is 11.8 Å². The summed E-state index contributed by atoms with van der Waals surface area (Å²) in [5.41, 5.74) is 3.09. The Kier molecular flexibility index (Phi) is 5.54. The Morgan fingerprint density at radius 2 is 2.04 bits per heavy atom. The Morgan fingerprint density at radius 3 is 2.65 bits per heavy atom. The molecule has 0 aliphatic rings. The molecule has 1 amide bonds. The first-order chi connectivity index (χ1) is 11.2. The minimum Gasteiger partial charge on any atom is -0.496 e. The maximum atomic E-state index is 12.4. The lowest BCUT2D eigenvalue weighted by molar-refractivity contribution is 0.102. The lowest BCUT2D eigenvalue weighted by atomic mass is 10.1. The molecule has 0 aliphatic carbocycles. The van der Waals surface area contributed by atoms with Crippen molar-refractivity contribution in [1.82, 2.24) is 0 Å². The Bertz CT molecular complexity index is 743. The van der Waals surface area contributed by atoms with Crippen LogP contribution in [-0.4, -0.2) is 13.0 Å². The molecule has 4 heteroatoms. The molecule has 116 valence electrons. The first-order valence-corrected chi connectivity index (χ1v) is 7.23. The van der Waals surface area contributed by atoms with Gasteiger partial charge in [0.2, 0.25) is 0 Å². The first-order valence-electron chi connectivity index (χ1n) is 7.23. The highest BCUT2D eigenvalue weighted by Crippen LogP contribution is 2.21. The second kappa shape index (κ2) is 7.81. The number of anilines is 1. The van der Waals surface area contributed by atoms with Gasteiger partial charge in [-0.25, -0.2) is 0 Å². The molecule has 0 aliphatic heterocycles. The van der Waals surface area contributed by atoms with E-state index in [0.29, 0.717) is 24.1 Å². The number of rotatable bonds is 6. The van der Waals surface area contributed by atoms with E-state index >= 15 is 0 Å². The number of nitrogens with one attached hydrogen (secondary N) is 1. The number of methoxy groups -OCH3 is 1. The average Bonchev–Trinajstić information content (AvgIpc) is 2.57. The van der Waals surface area contributed by atoms with E-state index in [4.69, 9.17) is 10.00 Å². The molecule has 4 nitrogen and oxygen atoms in total. The number of nitrogens with zero attached hydrogens (tertiary/aromatic N) is 1. The van der Waals surface area contributed by atoms with Crippen molar-refractivity contribution in [1.29, 1.82) is 5.26 Å². The lowest BCUT2D eigenvalue weighted by Crippen LogP contribution is -2.12. The molecule has 2 aromatic rings. The molecule has 0 spiro atoms. The summed E-state index contributed by atoms with van der Waals surface area (Å²) in [5, 5.41) is 11.5. The smallest absolute Gasteiger partial charge is 0.255 e. The molecule has 0 unspecified atom stereocenters. The molecule has 23 heavy (non-hydrogen) atoms. The van der Waals surface area contributed by atoms with Crippen molar-refractivity contribution in [3.63, 3.8) is 0 Å². The quantitative estimate of drug-likeness (QED) is 0.827. The Morgan fingerprint density at radius 1 is 1.30 bits per heavy atom. The summed E-state index contributed by atoms with van der Waals surface area (Å²) in [5.74, 6) is 0.549. The maximum Gasteiger partial charge on any atom is 0.255 e. The minimum atomic E-state index is -0.189. The van der Waals surface area contributed by atoms with Crippen molar-refractivity contribution in [2.75, 3.05) is 12.4 Å². The van der Waals surface area contributed by atoms with Gasteiger partial charge in [0.25, 0.3) is 5.91 Å². The number of amides is 1. The monoisotopic (exact) mass is 306 g/mol. The van der Waals surface area contributed by atoms with Crippen LogP contribution in [-0.2, 0) is 12.8 Å². The number of allylic oxidation sites excluding steroid dienone is 1. The maximum absolute atomic E-state index is 12.4. The molecule has 0 heterocycles. The second-order valence-electron chi connectivity index (χ2n) is 5.01. The van der Waals surface area contributed by atoms with E-state index in [9.17, 15) is 4.79 Å². The number of carbonyl (C=O) groups excluding carboxylic acids is 1. The van der Waals surface area contributed by atoms with Crippen LogP contribution in [0.3, 0.4) is 0 Å². The average molecular weight is 306 g/mol. The van der Waals surface area contributed by atoms with Gasteiger partial charge < -0.3 is 10.1 Å². The predicted molar refractivity (Wildman–Crippen MR) is 90.6 cm³/mol. The summed E-state index contributed by atoms with van der Waals surface area (Å²) >= 11 is 0. The van der Waals surface area contributed by atoms with Gasteiger partial charge >= 0.3 is 0 Å². The molecule has 0 fully saturated rings. The number of carbonyl (C=O) groups is 1. The molecular formula is C19H18N2O2. The third-order valence-electron chi connectivity index (χ3n) is 3.40. The number of nitriles is 1. The fraction of sp³-hybridized carbons (Fsp3) is 0.158. The molecule has 0 aromatic heterocycles. The van der Waals surface area contributed by atoms with Gasteiger partial charge in [0, 0.05) is 11.3 Å². The SMILES string of the molecule is C=CCc1cc(C(=O)Nc2ccc(CC#N)cc2)ccc1OC. The van der Waals surface area contributed by atoms with E-state index in [2.05, 4.69) is 18.0 Å². The molecule has 1 N–H and O–H groups in total. The molecule has 0 bridgehead atoms. The van der Waals surface area contributed by atoms with Gasteiger partial charge in [0.05, 0.1) is 19.6 Å². The lowest BCUT2D eigenvalue weighted by Gasteiger charge is -2.10. The fourth-order valence-electron chi connectivity index (χ4n) is 2.24. The van der Waals surface area contributed by atoms with Crippen molar-refractivity contribution >= 4 is 11.6 Å². The molecule has 0 saturated carbocycles. The Balaban J connectivity index is 2.15. The van der Waals surface area contributed by atoms with Crippen LogP contribution in [0.4, 0.5) is 5.69 Å². The summed E-state index contributed by atoms with van der Waals surface area (Å²) in [6.07, 6.45) is 2.76. The van der Waals surface area contributed by atoms with Gasteiger partial charge in [-0.1, -0.05) is 18.2 Å². The standard InChI is InChI=1S/C19H18N2O2/c1-3-4-15-13-16(7-10-18(15)23-2)19(22)21-17-8-5-14(6-9-17)11-12-20/h3,5-10,13H,1,4,11H2,2H3,(H,21,22). The summed E-state index contributed by atoms with van der Waals surface area (Å²) in [6.45, 7) is 3.72. The van der Waals surface area contributed by atoms with Crippen LogP contribution in [0.1, 0.15) is 21.5 Å².